The summed E-state index contributed by atoms with van der Waals surface area (Å²) < 4.78 is 0. The summed E-state index contributed by atoms with van der Waals surface area (Å²) in [5, 5.41) is 9.54. The lowest BCUT2D eigenvalue weighted by Crippen LogP contribution is -2.43. The van der Waals surface area contributed by atoms with E-state index in [0.29, 0.717) is 17.1 Å². The zero-order valence-corrected chi connectivity index (χ0v) is 13.1. The van der Waals surface area contributed by atoms with E-state index < -0.39 is 0 Å². The minimum absolute atomic E-state index is 0.0781. The molecule has 0 aliphatic carbocycles. The topological polar surface area (TPSA) is 31.2 Å². The summed E-state index contributed by atoms with van der Waals surface area (Å²) in [5.41, 5.74) is 0.814. The summed E-state index contributed by atoms with van der Waals surface area (Å²) in [6.45, 7) is 8.61. The van der Waals surface area contributed by atoms with Gasteiger partial charge in [0.2, 0.25) is 6.29 Å². The monoisotopic (exact) mass is 292 g/mol. The van der Waals surface area contributed by atoms with Crippen molar-refractivity contribution in [2.75, 3.05) is 0 Å². The van der Waals surface area contributed by atoms with Gasteiger partial charge in [-0.15, -0.1) is 5.11 Å². The van der Waals surface area contributed by atoms with Crippen molar-refractivity contribution >= 4 is 17.3 Å². The average Bonchev–Trinajstić information content (AvgIpc) is 2.82. The van der Waals surface area contributed by atoms with Crippen LogP contribution in [0.2, 0.25) is 5.02 Å². The average molecular weight is 293 g/mol. The number of azo groups is 1. The molecule has 0 unspecified atom stereocenters. The molecular formula is C15H21ClN4. The Bertz CT molecular complexity index is 475. The van der Waals surface area contributed by atoms with E-state index in [1.54, 1.807) is 0 Å². The third-order valence-corrected chi connectivity index (χ3v) is 3.49. The fourth-order valence-electron chi connectivity index (χ4n) is 2.08. The molecule has 0 amide bonds. The van der Waals surface area contributed by atoms with Crippen LogP contribution in [0.5, 0.6) is 0 Å². The lowest BCUT2D eigenvalue weighted by atomic mass is 10.3. The highest BCUT2D eigenvalue weighted by Gasteiger charge is 2.29. The molecule has 2 rings (SSSR count). The van der Waals surface area contributed by atoms with Gasteiger partial charge >= 0.3 is 0 Å². The Labute approximate surface area is 125 Å². The minimum Gasteiger partial charge on any atom is -0.334 e. The molecule has 0 atom stereocenters. The lowest BCUT2D eigenvalue weighted by molar-refractivity contribution is 0.107. The molecule has 4 nitrogen and oxygen atoms in total. The largest absolute Gasteiger partial charge is 0.334 e. The normalized spacial score (nSPS) is 16.4. The molecule has 0 aromatic heterocycles. The summed E-state index contributed by atoms with van der Waals surface area (Å²) >= 11 is 5.87. The first-order valence-corrected chi connectivity index (χ1v) is 7.26. The van der Waals surface area contributed by atoms with Crippen molar-refractivity contribution in [3.63, 3.8) is 0 Å². The van der Waals surface area contributed by atoms with E-state index in [-0.39, 0.29) is 6.29 Å². The van der Waals surface area contributed by atoms with Gasteiger partial charge in [-0.05, 0) is 52.0 Å². The maximum atomic E-state index is 5.87. The van der Waals surface area contributed by atoms with E-state index in [2.05, 4.69) is 60.1 Å². The summed E-state index contributed by atoms with van der Waals surface area (Å²) in [4.78, 5) is 4.39. The Morgan fingerprint density at radius 3 is 1.90 bits per heavy atom. The van der Waals surface area contributed by atoms with E-state index in [0.717, 1.165) is 5.69 Å². The number of nitrogens with zero attached hydrogens (tertiary/aromatic N) is 4. The van der Waals surface area contributed by atoms with Gasteiger partial charge < -0.3 is 9.80 Å². The van der Waals surface area contributed by atoms with E-state index >= 15 is 0 Å². The van der Waals surface area contributed by atoms with Gasteiger partial charge in [-0.2, -0.15) is 5.11 Å². The molecule has 108 valence electrons. The first-order chi connectivity index (χ1) is 9.49. The van der Waals surface area contributed by atoms with Crippen molar-refractivity contribution in [2.24, 2.45) is 10.2 Å². The van der Waals surface area contributed by atoms with Gasteiger partial charge in [0.05, 0.1) is 5.69 Å². The fraction of sp³-hybridized carbons (Fsp3) is 0.467. The molecule has 0 saturated heterocycles. The van der Waals surface area contributed by atoms with E-state index in [4.69, 9.17) is 11.6 Å². The van der Waals surface area contributed by atoms with Crippen LogP contribution in [0, 0.1) is 0 Å². The van der Waals surface area contributed by atoms with Crippen LogP contribution in [-0.4, -0.2) is 28.2 Å². The van der Waals surface area contributed by atoms with Gasteiger partial charge in [-0.1, -0.05) is 11.6 Å². The molecular weight excluding hydrogens is 272 g/mol. The van der Waals surface area contributed by atoms with Crippen molar-refractivity contribution in [1.29, 1.82) is 0 Å². The Morgan fingerprint density at radius 1 is 0.950 bits per heavy atom. The maximum absolute atomic E-state index is 5.87. The highest BCUT2D eigenvalue weighted by molar-refractivity contribution is 6.30. The molecule has 1 aliphatic heterocycles. The summed E-state index contributed by atoms with van der Waals surface area (Å²) in [7, 11) is 0. The summed E-state index contributed by atoms with van der Waals surface area (Å²) in [5.74, 6) is 0. The van der Waals surface area contributed by atoms with Crippen LogP contribution in [0.3, 0.4) is 0 Å². The Hall–Kier alpha value is -1.55. The highest BCUT2D eigenvalue weighted by atomic mass is 35.5. The fourth-order valence-corrected chi connectivity index (χ4v) is 2.21. The van der Waals surface area contributed by atoms with E-state index in [1.165, 1.54) is 0 Å². The van der Waals surface area contributed by atoms with Crippen LogP contribution in [0.25, 0.3) is 0 Å². The predicted octanol–water partition coefficient (Wildman–Crippen LogP) is 4.61. The SMILES string of the molecule is CC(C)N1C=CN(C(C)C)C1/N=N/c1ccc(Cl)cc1. The summed E-state index contributed by atoms with van der Waals surface area (Å²) in [6.07, 6.45) is 4.08. The molecule has 0 fully saturated rings. The molecule has 1 aromatic carbocycles. The molecule has 0 N–H and O–H groups in total. The minimum atomic E-state index is -0.0781. The highest BCUT2D eigenvalue weighted by Crippen LogP contribution is 2.24. The number of hydrogen-bond donors (Lipinski definition) is 0. The molecule has 0 radical (unpaired) electrons. The quantitative estimate of drug-likeness (QED) is 0.759. The number of rotatable bonds is 4. The van der Waals surface area contributed by atoms with Crippen LogP contribution in [0.4, 0.5) is 5.69 Å². The van der Waals surface area contributed by atoms with Crippen LogP contribution >= 0.6 is 11.6 Å². The Morgan fingerprint density at radius 2 is 1.45 bits per heavy atom. The molecule has 5 heteroatoms. The molecule has 1 heterocycles. The van der Waals surface area contributed by atoms with Crippen LogP contribution in [0.15, 0.2) is 46.9 Å². The van der Waals surface area contributed by atoms with Gasteiger partial charge in [0, 0.05) is 29.5 Å². The Balaban J connectivity index is 2.17. The van der Waals surface area contributed by atoms with E-state index in [9.17, 15) is 0 Å². The zero-order valence-electron chi connectivity index (χ0n) is 12.4. The van der Waals surface area contributed by atoms with Gasteiger partial charge in [-0.25, -0.2) is 0 Å². The van der Waals surface area contributed by atoms with Crippen LogP contribution in [-0.2, 0) is 0 Å². The number of hydrogen-bond acceptors (Lipinski definition) is 4. The van der Waals surface area contributed by atoms with Gasteiger partial charge in [0.1, 0.15) is 0 Å². The standard InChI is InChI=1S/C15H21ClN4/c1-11(2)19-9-10-20(12(3)4)15(19)18-17-14-7-5-13(16)6-8-14/h5-12,15H,1-4H3/b18-17+. The molecule has 1 aliphatic rings. The first-order valence-electron chi connectivity index (χ1n) is 6.88. The van der Waals surface area contributed by atoms with Crippen LogP contribution < -0.4 is 0 Å². The summed E-state index contributed by atoms with van der Waals surface area (Å²) in [6, 6.07) is 8.14. The number of benzene rings is 1. The second-order valence-corrected chi connectivity index (χ2v) is 5.85. The third-order valence-electron chi connectivity index (χ3n) is 3.24. The third kappa shape index (κ3) is 3.31. The smallest absolute Gasteiger partial charge is 0.218 e. The Kier molecular flexibility index (Phi) is 4.65. The molecule has 0 bridgehead atoms. The van der Waals surface area contributed by atoms with Crippen LogP contribution in [0.1, 0.15) is 27.7 Å². The zero-order chi connectivity index (χ0) is 14.7. The molecule has 20 heavy (non-hydrogen) atoms. The van der Waals surface area contributed by atoms with Gasteiger partial charge in [0.15, 0.2) is 0 Å². The van der Waals surface area contributed by atoms with Crippen molar-refractivity contribution in [3.05, 3.63) is 41.7 Å². The first kappa shape index (κ1) is 14.9. The van der Waals surface area contributed by atoms with Gasteiger partial charge in [-0.3, -0.25) is 0 Å². The molecule has 0 saturated carbocycles. The van der Waals surface area contributed by atoms with Crippen molar-refractivity contribution in [3.8, 4) is 0 Å². The van der Waals surface area contributed by atoms with Crippen molar-refractivity contribution in [2.45, 2.75) is 46.1 Å². The van der Waals surface area contributed by atoms with Crippen molar-refractivity contribution < 1.29 is 0 Å². The van der Waals surface area contributed by atoms with Gasteiger partial charge in [0.25, 0.3) is 0 Å². The molecule has 1 aromatic rings. The predicted molar refractivity (Wildman–Crippen MR) is 82.8 cm³/mol. The number of halogens is 1. The van der Waals surface area contributed by atoms with E-state index in [1.807, 2.05) is 24.3 Å². The second kappa shape index (κ2) is 6.27. The maximum Gasteiger partial charge on any atom is 0.218 e. The lowest BCUT2D eigenvalue weighted by Gasteiger charge is -2.33. The van der Waals surface area contributed by atoms with Crippen molar-refractivity contribution in [1.82, 2.24) is 9.80 Å². The second-order valence-electron chi connectivity index (χ2n) is 5.42. The molecule has 0 spiro atoms.